The van der Waals surface area contributed by atoms with Gasteiger partial charge in [-0.3, -0.25) is 9.63 Å². The fraction of sp³-hybridized carbons (Fsp3) is 0.250. The molecule has 0 fully saturated rings. The van der Waals surface area contributed by atoms with Gasteiger partial charge < -0.3 is 4.90 Å². The second-order valence-electron chi connectivity index (χ2n) is 5.33. The number of thiophene rings is 1. The third-order valence-corrected chi connectivity index (χ3v) is 5.44. The first kappa shape index (κ1) is 19.1. The van der Waals surface area contributed by atoms with Gasteiger partial charge in [0.1, 0.15) is 11.2 Å². The van der Waals surface area contributed by atoms with Gasteiger partial charge in [0.2, 0.25) is 0 Å². The van der Waals surface area contributed by atoms with E-state index in [1.165, 1.54) is 44.0 Å². The Bertz CT molecular complexity index is 871. The van der Waals surface area contributed by atoms with Crippen LogP contribution in [0, 0.1) is 0 Å². The number of hydrogen-bond acceptors (Lipinski definition) is 5. The van der Waals surface area contributed by atoms with Crippen LogP contribution in [0.2, 0.25) is 0 Å². The molecular formula is C16H19N3O4S2. The van der Waals surface area contributed by atoms with Crippen molar-refractivity contribution in [1.82, 2.24) is 9.96 Å². The molecule has 134 valence electrons. The lowest BCUT2D eigenvalue weighted by Gasteiger charge is -2.13. The second-order valence-corrected chi connectivity index (χ2v) is 7.88. The molecule has 1 amide bonds. The molecule has 2 aromatic rings. The second kappa shape index (κ2) is 7.77. The summed E-state index contributed by atoms with van der Waals surface area (Å²) >= 11 is 1.30. The molecule has 0 N–H and O–H groups in total. The minimum atomic E-state index is -3.75. The molecule has 1 aromatic heterocycles. The zero-order valence-corrected chi connectivity index (χ0v) is 16.0. The fourth-order valence-corrected chi connectivity index (χ4v) is 3.75. The van der Waals surface area contributed by atoms with Crippen LogP contribution in [0.1, 0.15) is 9.67 Å². The number of carbonyl (C=O) groups excluding carboxylic acids is 1. The molecule has 0 aliphatic rings. The third-order valence-electron chi connectivity index (χ3n) is 3.30. The van der Waals surface area contributed by atoms with E-state index >= 15 is 0 Å². The Morgan fingerprint density at radius 2 is 1.80 bits per heavy atom. The maximum Gasteiger partial charge on any atom is 0.287 e. The van der Waals surface area contributed by atoms with Crippen LogP contribution in [0.15, 0.2) is 45.0 Å². The molecule has 0 aliphatic carbocycles. The fourth-order valence-electron chi connectivity index (χ4n) is 1.95. The van der Waals surface area contributed by atoms with E-state index in [-0.39, 0.29) is 10.8 Å². The van der Waals surface area contributed by atoms with E-state index in [1.54, 1.807) is 36.5 Å². The van der Waals surface area contributed by atoms with Crippen molar-refractivity contribution in [3.05, 3.63) is 40.6 Å². The van der Waals surface area contributed by atoms with Gasteiger partial charge in [0.25, 0.3) is 15.9 Å². The first-order valence-corrected chi connectivity index (χ1v) is 9.55. The smallest absolute Gasteiger partial charge is 0.287 e. The van der Waals surface area contributed by atoms with Crippen LogP contribution in [-0.2, 0) is 14.9 Å². The lowest BCUT2D eigenvalue weighted by molar-refractivity contribution is -0.0753. The predicted molar refractivity (Wildman–Crippen MR) is 98.2 cm³/mol. The van der Waals surface area contributed by atoms with Gasteiger partial charge in [-0.05, 0) is 29.1 Å². The predicted octanol–water partition coefficient (Wildman–Crippen LogP) is 2.33. The van der Waals surface area contributed by atoms with E-state index in [0.717, 1.165) is 16.2 Å². The summed E-state index contributed by atoms with van der Waals surface area (Å²) in [7, 11) is 2.58. The molecule has 0 saturated heterocycles. The highest BCUT2D eigenvalue weighted by molar-refractivity contribution is 7.90. The zero-order valence-electron chi connectivity index (χ0n) is 14.3. The number of amides is 1. The molecule has 0 unspecified atom stereocenters. The molecule has 25 heavy (non-hydrogen) atoms. The summed E-state index contributed by atoms with van der Waals surface area (Å²) in [6.45, 7) is 0. The first-order chi connectivity index (χ1) is 11.8. The van der Waals surface area contributed by atoms with Crippen LogP contribution < -0.4 is 0 Å². The van der Waals surface area contributed by atoms with Gasteiger partial charge >= 0.3 is 0 Å². The molecule has 0 radical (unpaired) electrons. The Labute approximate surface area is 151 Å². The zero-order chi connectivity index (χ0) is 18.6. The molecular weight excluding hydrogens is 362 g/mol. The standard InChI is InChI=1S/C16H19N3O4S2/c1-18(2)11-17-25(21,22)13-7-5-12(6-8-13)14-9-10-24-15(14)16(20)19(3)23-4/h5-11H,1-4H3. The Kier molecular flexibility index (Phi) is 5.93. The van der Waals surface area contributed by atoms with Gasteiger partial charge in [-0.2, -0.15) is 8.42 Å². The Morgan fingerprint density at radius 3 is 2.36 bits per heavy atom. The summed E-state index contributed by atoms with van der Waals surface area (Å²) < 4.78 is 27.9. The maximum absolute atomic E-state index is 12.3. The number of carbonyl (C=O) groups is 1. The van der Waals surface area contributed by atoms with Crippen molar-refractivity contribution in [2.45, 2.75) is 4.90 Å². The molecule has 7 nitrogen and oxygen atoms in total. The molecule has 0 spiro atoms. The average Bonchev–Trinajstić information content (AvgIpc) is 3.08. The van der Waals surface area contributed by atoms with Crippen molar-refractivity contribution in [2.24, 2.45) is 4.40 Å². The number of hydrogen-bond donors (Lipinski definition) is 0. The van der Waals surface area contributed by atoms with Gasteiger partial charge in [-0.1, -0.05) is 12.1 Å². The lowest BCUT2D eigenvalue weighted by Crippen LogP contribution is -2.24. The summed E-state index contributed by atoms with van der Waals surface area (Å²) in [5, 5.41) is 2.95. The van der Waals surface area contributed by atoms with Crippen LogP contribution in [0.5, 0.6) is 0 Å². The van der Waals surface area contributed by atoms with E-state index in [4.69, 9.17) is 4.84 Å². The van der Waals surface area contributed by atoms with Crippen molar-refractivity contribution in [3.8, 4) is 11.1 Å². The van der Waals surface area contributed by atoms with Crippen LogP contribution in [0.25, 0.3) is 11.1 Å². The van der Waals surface area contributed by atoms with E-state index in [9.17, 15) is 13.2 Å². The van der Waals surface area contributed by atoms with Gasteiger partial charge in [-0.15, -0.1) is 15.7 Å². The molecule has 0 saturated carbocycles. The molecule has 2 rings (SSSR count). The summed E-state index contributed by atoms with van der Waals surface area (Å²) in [6, 6.07) is 8.08. The maximum atomic E-state index is 12.3. The number of rotatable bonds is 6. The largest absolute Gasteiger partial charge is 0.368 e. The van der Waals surface area contributed by atoms with Crippen molar-refractivity contribution in [3.63, 3.8) is 0 Å². The summed E-state index contributed by atoms with van der Waals surface area (Å²) in [4.78, 5) is 19.4. The molecule has 0 bridgehead atoms. The Balaban J connectivity index is 2.33. The highest BCUT2D eigenvalue weighted by atomic mass is 32.2. The van der Waals surface area contributed by atoms with E-state index in [2.05, 4.69) is 4.40 Å². The minimum Gasteiger partial charge on any atom is -0.368 e. The van der Waals surface area contributed by atoms with Gasteiger partial charge in [-0.25, -0.2) is 5.06 Å². The van der Waals surface area contributed by atoms with Crippen molar-refractivity contribution < 1.29 is 18.0 Å². The highest BCUT2D eigenvalue weighted by Crippen LogP contribution is 2.30. The molecule has 1 aromatic carbocycles. The summed E-state index contributed by atoms with van der Waals surface area (Å²) in [5.41, 5.74) is 1.46. The number of sulfonamides is 1. The number of hydroxylamine groups is 2. The molecule has 9 heteroatoms. The average molecular weight is 381 g/mol. The van der Waals surface area contributed by atoms with Crippen molar-refractivity contribution in [1.29, 1.82) is 0 Å². The van der Waals surface area contributed by atoms with E-state index in [0.29, 0.717) is 4.88 Å². The number of benzene rings is 1. The van der Waals surface area contributed by atoms with Gasteiger partial charge in [0, 0.05) is 26.7 Å². The summed E-state index contributed by atoms with van der Waals surface area (Å²) in [5.74, 6) is -0.264. The Morgan fingerprint density at radius 1 is 1.16 bits per heavy atom. The monoisotopic (exact) mass is 381 g/mol. The van der Waals surface area contributed by atoms with Crippen LogP contribution in [0.3, 0.4) is 0 Å². The van der Waals surface area contributed by atoms with Gasteiger partial charge in [0.05, 0.1) is 12.0 Å². The SMILES string of the molecule is CON(C)C(=O)c1sccc1-c1ccc(S(=O)(=O)N=CN(C)C)cc1. The topological polar surface area (TPSA) is 79.3 Å². The Hall–Kier alpha value is -2.23. The third kappa shape index (κ3) is 4.44. The van der Waals surface area contributed by atoms with E-state index in [1.807, 2.05) is 6.07 Å². The highest BCUT2D eigenvalue weighted by Gasteiger charge is 2.19. The molecule has 1 heterocycles. The van der Waals surface area contributed by atoms with Crippen LogP contribution >= 0.6 is 11.3 Å². The van der Waals surface area contributed by atoms with Crippen LogP contribution in [-0.4, -0.2) is 58.9 Å². The lowest BCUT2D eigenvalue weighted by atomic mass is 10.1. The minimum absolute atomic E-state index is 0.0893. The van der Waals surface area contributed by atoms with E-state index < -0.39 is 10.0 Å². The number of nitrogens with zero attached hydrogens (tertiary/aromatic N) is 3. The van der Waals surface area contributed by atoms with Crippen molar-refractivity contribution >= 4 is 33.6 Å². The van der Waals surface area contributed by atoms with Crippen molar-refractivity contribution in [2.75, 3.05) is 28.3 Å². The van der Waals surface area contributed by atoms with Crippen LogP contribution in [0.4, 0.5) is 0 Å². The molecule has 0 atom stereocenters. The van der Waals surface area contributed by atoms with Gasteiger partial charge in [0.15, 0.2) is 0 Å². The molecule has 0 aliphatic heterocycles. The first-order valence-electron chi connectivity index (χ1n) is 7.23. The normalized spacial score (nSPS) is 11.7. The summed E-state index contributed by atoms with van der Waals surface area (Å²) in [6.07, 6.45) is 1.24. The quantitative estimate of drug-likeness (QED) is 0.436.